The Hall–Kier alpha value is -2.59. The van der Waals surface area contributed by atoms with Gasteiger partial charge in [-0.25, -0.2) is 0 Å². The lowest BCUT2D eigenvalue weighted by Crippen LogP contribution is -2.46. The smallest absolute Gasteiger partial charge is 0.268 e. The molecule has 2 heterocycles. The van der Waals surface area contributed by atoms with Crippen LogP contribution in [0.15, 0.2) is 30.3 Å². The number of primary amides is 1. The minimum atomic E-state index is -1.08. The number of benzene rings is 1. The number of carbonyl (C=O) groups excluding carboxylic acids is 3. The molecule has 0 fully saturated rings. The number of hydrogen-bond acceptors (Lipinski definition) is 5. The molecule has 0 saturated carbocycles. The van der Waals surface area contributed by atoms with Gasteiger partial charge in [0, 0.05) is 0 Å². The molecule has 162 valence electrons. The van der Waals surface area contributed by atoms with Crippen LogP contribution in [0.4, 0.5) is 0 Å². The zero-order valence-corrected chi connectivity index (χ0v) is 18.4. The third-order valence-corrected chi connectivity index (χ3v) is 7.19. The van der Waals surface area contributed by atoms with Gasteiger partial charge < -0.3 is 27.1 Å². The van der Waals surface area contributed by atoms with Crippen molar-refractivity contribution in [2.45, 2.75) is 31.0 Å². The second kappa shape index (κ2) is 8.51. The van der Waals surface area contributed by atoms with Crippen LogP contribution in [-0.4, -0.2) is 34.8 Å². The van der Waals surface area contributed by atoms with E-state index in [1.54, 1.807) is 6.07 Å². The molecule has 1 aliphatic rings. The van der Waals surface area contributed by atoms with Crippen LogP contribution in [0.3, 0.4) is 0 Å². The fourth-order valence-corrected chi connectivity index (χ4v) is 5.21. The van der Waals surface area contributed by atoms with Gasteiger partial charge in [-0.15, -0.1) is 11.3 Å². The molecule has 31 heavy (non-hydrogen) atoms. The molecule has 1 aromatic carbocycles. The fourth-order valence-electron chi connectivity index (χ4n) is 3.73. The van der Waals surface area contributed by atoms with Gasteiger partial charge in [0.25, 0.3) is 5.91 Å². The van der Waals surface area contributed by atoms with E-state index >= 15 is 0 Å². The number of rotatable bonds is 6. The Morgan fingerprint density at radius 1 is 1.23 bits per heavy atom. The molecule has 4 rings (SSSR count). The van der Waals surface area contributed by atoms with Crippen LogP contribution in [0.1, 0.15) is 34.1 Å². The summed E-state index contributed by atoms with van der Waals surface area (Å²) in [4.78, 5) is 39.5. The Bertz CT molecular complexity index is 1190. The Morgan fingerprint density at radius 3 is 2.68 bits per heavy atom. The van der Waals surface area contributed by atoms with Crippen LogP contribution in [0.25, 0.3) is 10.2 Å². The van der Waals surface area contributed by atoms with E-state index in [2.05, 4.69) is 15.6 Å². The van der Waals surface area contributed by atoms with Gasteiger partial charge in [-0.1, -0.05) is 47.5 Å². The van der Waals surface area contributed by atoms with Gasteiger partial charge in [-0.2, -0.15) is 0 Å². The largest absolute Gasteiger partial charge is 0.368 e. The number of halogens is 2. The minimum absolute atomic E-state index is 0.235. The number of carbonyl (C=O) groups is 3. The number of nitrogens with one attached hydrogen (secondary N) is 3. The van der Waals surface area contributed by atoms with Gasteiger partial charge >= 0.3 is 0 Å². The molecule has 0 radical (unpaired) electrons. The zero-order chi connectivity index (χ0) is 22.3. The molecule has 0 saturated heterocycles. The summed E-state index contributed by atoms with van der Waals surface area (Å²) in [5.41, 5.74) is 13.6. The second-order valence-corrected chi connectivity index (χ2v) is 9.39. The average molecular weight is 480 g/mol. The highest BCUT2D eigenvalue weighted by atomic mass is 35.5. The number of H-pyrrole nitrogens is 1. The molecule has 1 aliphatic carbocycles. The van der Waals surface area contributed by atoms with Gasteiger partial charge in [-0.3, -0.25) is 14.4 Å². The lowest BCUT2D eigenvalue weighted by Gasteiger charge is -2.23. The molecule has 8 nitrogen and oxygen atoms in total. The van der Waals surface area contributed by atoms with Crippen LogP contribution in [0, 0.1) is 0 Å². The lowest BCUT2D eigenvalue weighted by atomic mass is 10.1. The first kappa shape index (κ1) is 21.6. The lowest BCUT2D eigenvalue weighted by molar-refractivity contribution is -0.126. The maximum atomic E-state index is 12.9. The van der Waals surface area contributed by atoms with Crippen molar-refractivity contribution in [3.05, 3.63) is 56.5 Å². The van der Waals surface area contributed by atoms with Crippen LogP contribution in [0.2, 0.25) is 9.36 Å². The molecular weight excluding hydrogens is 461 g/mol. The summed E-state index contributed by atoms with van der Waals surface area (Å²) in [7, 11) is 0. The van der Waals surface area contributed by atoms with Crippen LogP contribution in [0.5, 0.6) is 0 Å². The second-order valence-electron chi connectivity index (χ2n) is 7.35. The van der Waals surface area contributed by atoms with Crippen LogP contribution in [-0.2, 0) is 16.0 Å². The molecular formula is C20H19Cl2N5O3S. The summed E-state index contributed by atoms with van der Waals surface area (Å²) in [5.74, 6) is -1.51. The fraction of sp³-hybridized carbons (Fsp3) is 0.250. The maximum absolute atomic E-state index is 12.9. The Morgan fingerprint density at radius 2 is 1.97 bits per heavy atom. The molecule has 0 spiro atoms. The molecule has 0 bridgehead atoms. The van der Waals surface area contributed by atoms with Crippen molar-refractivity contribution in [2.75, 3.05) is 0 Å². The molecule has 0 unspecified atom stereocenters. The molecule has 3 amide bonds. The third kappa shape index (κ3) is 4.27. The van der Waals surface area contributed by atoms with Crippen molar-refractivity contribution < 1.29 is 14.4 Å². The number of fused-ring (bicyclic) bond motifs is 2. The van der Waals surface area contributed by atoms with Crippen molar-refractivity contribution in [3.63, 3.8) is 0 Å². The highest BCUT2D eigenvalue weighted by Crippen LogP contribution is 2.39. The van der Waals surface area contributed by atoms with E-state index in [4.69, 9.17) is 34.7 Å². The number of amides is 3. The SMILES string of the molecule is NC(=O)[C@H](N)CC(=O)N[C@@H]1c2ccccc2C[C@H]1NC(=O)c1cc2sc(Cl)c(Cl)c2[nH]1. The summed E-state index contributed by atoms with van der Waals surface area (Å²) in [6.07, 6.45) is 0.303. The van der Waals surface area contributed by atoms with Gasteiger partial charge in [-0.05, 0) is 23.6 Å². The van der Waals surface area contributed by atoms with Crippen LogP contribution >= 0.6 is 34.5 Å². The average Bonchev–Trinajstić information content (AvgIpc) is 3.36. The predicted molar refractivity (Wildman–Crippen MR) is 120 cm³/mol. The predicted octanol–water partition coefficient (Wildman–Crippen LogP) is 2.25. The van der Waals surface area contributed by atoms with Crippen molar-refractivity contribution in [1.29, 1.82) is 0 Å². The number of aromatic nitrogens is 1. The van der Waals surface area contributed by atoms with Crippen molar-refractivity contribution in [2.24, 2.45) is 11.5 Å². The number of nitrogens with two attached hydrogens (primary N) is 2. The summed E-state index contributed by atoms with van der Waals surface area (Å²) >= 11 is 13.5. The summed E-state index contributed by atoms with van der Waals surface area (Å²) in [6, 6.07) is 7.36. The van der Waals surface area contributed by atoms with E-state index in [0.717, 1.165) is 15.8 Å². The summed E-state index contributed by atoms with van der Waals surface area (Å²) in [5, 5.41) is 6.24. The first-order valence-electron chi connectivity index (χ1n) is 9.44. The van der Waals surface area contributed by atoms with E-state index < -0.39 is 23.9 Å². The summed E-state index contributed by atoms with van der Waals surface area (Å²) in [6.45, 7) is 0. The highest BCUT2D eigenvalue weighted by Gasteiger charge is 2.35. The van der Waals surface area contributed by atoms with Crippen molar-refractivity contribution >= 4 is 62.5 Å². The van der Waals surface area contributed by atoms with Gasteiger partial charge in [0.15, 0.2) is 0 Å². The Labute approximate surface area is 191 Å². The van der Waals surface area contributed by atoms with E-state index in [0.29, 0.717) is 27.0 Å². The number of hydrogen-bond donors (Lipinski definition) is 5. The summed E-state index contributed by atoms with van der Waals surface area (Å²) < 4.78 is 1.23. The molecule has 11 heteroatoms. The first-order chi connectivity index (χ1) is 14.7. The van der Waals surface area contributed by atoms with Crippen molar-refractivity contribution in [3.8, 4) is 0 Å². The number of thiophene rings is 1. The van der Waals surface area contributed by atoms with E-state index in [1.165, 1.54) is 11.3 Å². The molecule has 3 aromatic rings. The normalized spacial score (nSPS) is 18.5. The maximum Gasteiger partial charge on any atom is 0.268 e. The van der Waals surface area contributed by atoms with E-state index in [-0.39, 0.29) is 18.4 Å². The topological polar surface area (TPSA) is 143 Å². The van der Waals surface area contributed by atoms with Crippen molar-refractivity contribution in [1.82, 2.24) is 15.6 Å². The van der Waals surface area contributed by atoms with Crippen LogP contribution < -0.4 is 22.1 Å². The molecule has 7 N–H and O–H groups in total. The quantitative estimate of drug-likeness (QED) is 0.369. The monoisotopic (exact) mass is 479 g/mol. The molecule has 3 atom stereocenters. The van der Waals surface area contributed by atoms with E-state index in [9.17, 15) is 14.4 Å². The molecule has 0 aliphatic heterocycles. The third-order valence-electron chi connectivity index (χ3n) is 5.25. The number of aromatic amines is 1. The van der Waals surface area contributed by atoms with Gasteiger partial charge in [0.1, 0.15) is 10.0 Å². The minimum Gasteiger partial charge on any atom is -0.368 e. The first-order valence-corrected chi connectivity index (χ1v) is 11.0. The highest BCUT2D eigenvalue weighted by molar-refractivity contribution is 7.23. The van der Waals surface area contributed by atoms with Gasteiger partial charge in [0.05, 0.1) is 39.8 Å². The standard InChI is InChI=1S/C20H19Cl2N5O3S/c21-15-17-13(31-18(15)22)7-12(25-17)20(30)26-11-5-8-3-1-2-4-9(8)16(11)27-14(28)6-10(23)19(24)29/h1-4,7,10-11,16,25H,5-6,23H2,(H2,24,29)(H,26,30)(H,27,28)/t10-,11-,16-/m1/s1. The van der Waals surface area contributed by atoms with E-state index in [1.807, 2.05) is 24.3 Å². The Balaban J connectivity index is 1.53. The zero-order valence-electron chi connectivity index (χ0n) is 16.1. The van der Waals surface area contributed by atoms with Gasteiger partial charge in [0.2, 0.25) is 11.8 Å². The molecule has 2 aromatic heterocycles. The Kier molecular flexibility index (Phi) is 5.94.